The maximum absolute atomic E-state index is 10.5. The van der Waals surface area contributed by atoms with Gasteiger partial charge in [0.25, 0.3) is 0 Å². The Morgan fingerprint density at radius 1 is 1.00 bits per heavy atom. The highest BCUT2D eigenvalue weighted by molar-refractivity contribution is 5.85. The lowest BCUT2D eigenvalue weighted by molar-refractivity contribution is 0.0848. The van der Waals surface area contributed by atoms with E-state index in [0.29, 0.717) is 6.04 Å². The van der Waals surface area contributed by atoms with Gasteiger partial charge in [0.05, 0.1) is 6.10 Å². The summed E-state index contributed by atoms with van der Waals surface area (Å²) in [6, 6.07) is 18.0. The molecule has 0 saturated carbocycles. The molecule has 2 aromatic carbocycles. The highest BCUT2D eigenvalue weighted by Gasteiger charge is 2.24. The minimum Gasteiger partial charge on any atom is -0.508 e. The molecule has 4 heteroatoms. The Morgan fingerprint density at radius 3 is 2.23 bits per heavy atom. The van der Waals surface area contributed by atoms with Crippen LogP contribution in [0.2, 0.25) is 0 Å². The van der Waals surface area contributed by atoms with Crippen LogP contribution in [0.4, 0.5) is 0 Å². The van der Waals surface area contributed by atoms with Crippen LogP contribution in [-0.4, -0.2) is 34.2 Å². The Hall–Kier alpha value is -1.55. The van der Waals surface area contributed by atoms with E-state index in [0.717, 1.165) is 31.0 Å². The molecule has 3 rings (SSSR count). The molecule has 2 atom stereocenters. The molecule has 1 fully saturated rings. The smallest absolute Gasteiger partial charge is 0.115 e. The first-order valence-corrected chi connectivity index (χ1v) is 9.37. The predicted molar refractivity (Wildman–Crippen MR) is 109 cm³/mol. The van der Waals surface area contributed by atoms with Crippen LogP contribution < -0.4 is 0 Å². The lowest BCUT2D eigenvalue weighted by Crippen LogP contribution is -2.41. The summed E-state index contributed by atoms with van der Waals surface area (Å²) in [5, 5.41) is 19.8. The fourth-order valence-electron chi connectivity index (χ4n) is 3.85. The number of benzene rings is 2. The molecule has 0 amide bonds. The average molecular weight is 376 g/mol. The molecule has 1 aliphatic rings. The van der Waals surface area contributed by atoms with Crippen molar-refractivity contribution in [3.63, 3.8) is 0 Å². The van der Waals surface area contributed by atoms with E-state index in [2.05, 4.69) is 42.2 Å². The molecule has 1 aliphatic heterocycles. The zero-order valence-corrected chi connectivity index (χ0v) is 16.2. The fraction of sp³-hybridized carbons (Fsp3) is 0.455. The summed E-state index contributed by atoms with van der Waals surface area (Å²) in [6.45, 7) is 4.43. The number of nitrogens with zero attached hydrogens (tertiary/aromatic N) is 1. The van der Waals surface area contributed by atoms with E-state index in [1.165, 1.54) is 24.8 Å². The minimum absolute atomic E-state index is 0. The predicted octanol–water partition coefficient (Wildman–Crippen LogP) is 4.58. The first-order valence-electron chi connectivity index (χ1n) is 9.37. The third-order valence-electron chi connectivity index (χ3n) is 5.48. The van der Waals surface area contributed by atoms with Crippen LogP contribution in [0.3, 0.4) is 0 Å². The van der Waals surface area contributed by atoms with Crippen molar-refractivity contribution in [3.8, 4) is 5.75 Å². The van der Waals surface area contributed by atoms with Crippen LogP contribution in [0.5, 0.6) is 5.75 Å². The van der Waals surface area contributed by atoms with E-state index in [9.17, 15) is 10.2 Å². The van der Waals surface area contributed by atoms with E-state index < -0.39 is 6.10 Å². The summed E-state index contributed by atoms with van der Waals surface area (Å²) < 4.78 is 0. The molecule has 0 spiro atoms. The lowest BCUT2D eigenvalue weighted by Gasteiger charge is -2.37. The zero-order valence-electron chi connectivity index (χ0n) is 15.4. The number of rotatable bonds is 6. The number of aliphatic hydroxyl groups excluding tert-OH is 1. The second kappa shape index (κ2) is 9.96. The third-order valence-corrected chi connectivity index (χ3v) is 5.48. The number of hydrogen-bond donors (Lipinski definition) is 2. The topological polar surface area (TPSA) is 43.7 Å². The second-order valence-electron chi connectivity index (χ2n) is 7.36. The van der Waals surface area contributed by atoms with Crippen molar-refractivity contribution >= 4 is 12.4 Å². The summed E-state index contributed by atoms with van der Waals surface area (Å²) in [4.78, 5) is 2.51. The first-order chi connectivity index (χ1) is 12.1. The van der Waals surface area contributed by atoms with Crippen molar-refractivity contribution in [2.75, 3.05) is 13.1 Å². The van der Waals surface area contributed by atoms with Gasteiger partial charge >= 0.3 is 0 Å². The number of hydrogen-bond acceptors (Lipinski definition) is 3. The van der Waals surface area contributed by atoms with Crippen molar-refractivity contribution in [2.45, 2.75) is 44.8 Å². The maximum Gasteiger partial charge on any atom is 0.115 e. The van der Waals surface area contributed by atoms with Crippen molar-refractivity contribution in [2.24, 2.45) is 5.92 Å². The van der Waals surface area contributed by atoms with Crippen LogP contribution in [-0.2, 0) is 6.42 Å². The van der Waals surface area contributed by atoms with E-state index in [4.69, 9.17) is 0 Å². The van der Waals surface area contributed by atoms with Crippen molar-refractivity contribution in [1.29, 1.82) is 0 Å². The van der Waals surface area contributed by atoms with Crippen LogP contribution in [0.1, 0.15) is 43.4 Å². The van der Waals surface area contributed by atoms with Gasteiger partial charge in [-0.3, -0.25) is 0 Å². The van der Waals surface area contributed by atoms with Gasteiger partial charge in [-0.1, -0.05) is 42.5 Å². The van der Waals surface area contributed by atoms with Gasteiger partial charge < -0.3 is 15.1 Å². The average Bonchev–Trinajstić information content (AvgIpc) is 2.63. The molecule has 2 aromatic rings. The standard InChI is InChI=1S/C22H29NO2.ClH/c1-17(15-22(25)20-7-9-21(24)10-8-20)23-13-11-19(12-14-23)16-18-5-3-2-4-6-18;/h2-10,17,19,22,24-25H,11-16H2,1H3;1H. The van der Waals surface area contributed by atoms with Crippen LogP contribution >= 0.6 is 12.4 Å². The zero-order chi connectivity index (χ0) is 17.6. The summed E-state index contributed by atoms with van der Waals surface area (Å²) in [5.74, 6) is 1.01. The van der Waals surface area contributed by atoms with Crippen LogP contribution in [0.25, 0.3) is 0 Å². The van der Waals surface area contributed by atoms with E-state index in [1.807, 2.05) is 0 Å². The number of halogens is 1. The third kappa shape index (κ3) is 5.73. The summed E-state index contributed by atoms with van der Waals surface area (Å²) in [6.07, 6.45) is 3.90. The molecule has 0 aliphatic carbocycles. The van der Waals surface area contributed by atoms with Crippen molar-refractivity contribution in [1.82, 2.24) is 4.90 Å². The minimum atomic E-state index is -0.474. The molecule has 0 bridgehead atoms. The maximum atomic E-state index is 10.5. The van der Waals surface area contributed by atoms with Gasteiger partial charge in [-0.2, -0.15) is 0 Å². The van der Waals surface area contributed by atoms with Gasteiger partial charge in [-0.25, -0.2) is 0 Å². The largest absolute Gasteiger partial charge is 0.508 e. The molecule has 0 aromatic heterocycles. The number of likely N-dealkylation sites (tertiary alicyclic amines) is 1. The first kappa shape index (κ1) is 20.8. The molecule has 142 valence electrons. The Morgan fingerprint density at radius 2 is 1.62 bits per heavy atom. The summed E-state index contributed by atoms with van der Waals surface area (Å²) in [5.41, 5.74) is 2.32. The lowest BCUT2D eigenvalue weighted by atomic mass is 9.89. The SMILES string of the molecule is CC(CC(O)c1ccc(O)cc1)N1CCC(Cc2ccccc2)CC1.Cl. The number of aromatic hydroxyl groups is 1. The number of phenolic OH excluding ortho intramolecular Hbond substituents is 1. The normalized spacial score (nSPS) is 18.1. The molecule has 1 saturated heterocycles. The van der Waals surface area contributed by atoms with E-state index >= 15 is 0 Å². The summed E-state index contributed by atoms with van der Waals surface area (Å²) >= 11 is 0. The molecule has 2 unspecified atom stereocenters. The molecule has 3 nitrogen and oxygen atoms in total. The highest BCUT2D eigenvalue weighted by Crippen LogP contribution is 2.27. The molecule has 26 heavy (non-hydrogen) atoms. The van der Waals surface area contributed by atoms with Gasteiger partial charge in [0, 0.05) is 6.04 Å². The Bertz CT molecular complexity index is 639. The van der Waals surface area contributed by atoms with Gasteiger partial charge in [0.1, 0.15) is 5.75 Å². The van der Waals surface area contributed by atoms with Crippen molar-refractivity contribution in [3.05, 3.63) is 65.7 Å². The van der Waals surface area contributed by atoms with E-state index in [1.54, 1.807) is 24.3 Å². The monoisotopic (exact) mass is 375 g/mol. The quantitative estimate of drug-likeness (QED) is 0.776. The molecular weight excluding hydrogens is 346 g/mol. The molecule has 0 radical (unpaired) electrons. The van der Waals surface area contributed by atoms with Gasteiger partial charge in [0.15, 0.2) is 0 Å². The van der Waals surface area contributed by atoms with Crippen LogP contribution in [0, 0.1) is 5.92 Å². The Balaban J connectivity index is 0.00000243. The highest BCUT2D eigenvalue weighted by atomic mass is 35.5. The molecular formula is C22H30ClNO2. The van der Waals surface area contributed by atoms with E-state index in [-0.39, 0.29) is 18.2 Å². The van der Waals surface area contributed by atoms with Gasteiger partial charge in [-0.05, 0) is 74.9 Å². The van der Waals surface area contributed by atoms with Crippen molar-refractivity contribution < 1.29 is 10.2 Å². The fourth-order valence-corrected chi connectivity index (χ4v) is 3.85. The molecule has 2 N–H and O–H groups in total. The molecule has 1 heterocycles. The number of phenols is 1. The van der Waals surface area contributed by atoms with Gasteiger partial charge in [0.2, 0.25) is 0 Å². The second-order valence-corrected chi connectivity index (χ2v) is 7.36. The number of piperidine rings is 1. The Labute approximate surface area is 163 Å². The Kier molecular flexibility index (Phi) is 7.95. The number of aliphatic hydroxyl groups is 1. The summed E-state index contributed by atoms with van der Waals surface area (Å²) in [7, 11) is 0. The van der Waals surface area contributed by atoms with Crippen LogP contribution in [0.15, 0.2) is 54.6 Å². The van der Waals surface area contributed by atoms with Gasteiger partial charge in [-0.15, -0.1) is 12.4 Å².